The van der Waals surface area contributed by atoms with Crippen LogP contribution < -0.4 is 10.1 Å². The fourth-order valence-electron chi connectivity index (χ4n) is 1.79. The molecule has 0 radical (unpaired) electrons. The Bertz CT molecular complexity index is 324. The van der Waals surface area contributed by atoms with Gasteiger partial charge in [-0.2, -0.15) is 0 Å². The van der Waals surface area contributed by atoms with Gasteiger partial charge in [0.15, 0.2) is 5.67 Å². The van der Waals surface area contributed by atoms with Crippen LogP contribution in [0.3, 0.4) is 0 Å². The molecule has 0 spiro atoms. The van der Waals surface area contributed by atoms with E-state index in [-0.39, 0.29) is 0 Å². The predicted octanol–water partition coefficient (Wildman–Crippen LogP) is 1.25. The largest absolute Gasteiger partial charge is 0.481 e. The van der Waals surface area contributed by atoms with Gasteiger partial charge >= 0.3 is 0 Å². The van der Waals surface area contributed by atoms with Gasteiger partial charge in [0.2, 0.25) is 5.88 Å². The molecule has 0 bridgehead atoms. The van der Waals surface area contributed by atoms with E-state index in [0.29, 0.717) is 31.0 Å². The second-order valence-corrected chi connectivity index (χ2v) is 3.45. The maximum atomic E-state index is 14.3. The van der Waals surface area contributed by atoms with Gasteiger partial charge < -0.3 is 10.1 Å². The van der Waals surface area contributed by atoms with Gasteiger partial charge in [0.1, 0.15) is 0 Å². The molecule has 1 aromatic rings. The van der Waals surface area contributed by atoms with Crippen LogP contribution in [0.4, 0.5) is 4.39 Å². The first-order valence-electron chi connectivity index (χ1n) is 4.65. The Morgan fingerprint density at radius 1 is 1.64 bits per heavy atom. The molecule has 1 aliphatic rings. The van der Waals surface area contributed by atoms with Gasteiger partial charge in [-0.3, -0.25) is 0 Å². The van der Waals surface area contributed by atoms with Crippen LogP contribution >= 0.6 is 0 Å². The number of pyridine rings is 1. The molecule has 1 saturated heterocycles. The lowest BCUT2D eigenvalue weighted by Gasteiger charge is -2.20. The summed E-state index contributed by atoms with van der Waals surface area (Å²) in [7, 11) is 1.51. The standard InChI is InChI=1S/C10H13FN2O/c1-14-9-8(3-2-5-13-9)10(11)4-6-12-7-10/h2-3,5,12H,4,6-7H2,1H3. The Hall–Kier alpha value is -1.16. The molecule has 0 aromatic carbocycles. The van der Waals surface area contributed by atoms with Crippen LogP contribution in [-0.2, 0) is 5.67 Å². The minimum absolute atomic E-state index is 0.342. The van der Waals surface area contributed by atoms with Gasteiger partial charge in [0.25, 0.3) is 0 Å². The van der Waals surface area contributed by atoms with Crippen molar-refractivity contribution < 1.29 is 9.13 Å². The molecule has 0 aliphatic carbocycles. The van der Waals surface area contributed by atoms with Crippen molar-refractivity contribution in [2.45, 2.75) is 12.1 Å². The van der Waals surface area contributed by atoms with Crippen LogP contribution in [-0.4, -0.2) is 25.2 Å². The third kappa shape index (κ3) is 1.46. The average molecular weight is 196 g/mol. The molecule has 0 amide bonds. The SMILES string of the molecule is COc1ncccc1C1(F)CCNC1. The summed E-state index contributed by atoms with van der Waals surface area (Å²) in [6.45, 7) is 1.05. The van der Waals surface area contributed by atoms with E-state index >= 15 is 0 Å². The zero-order valence-corrected chi connectivity index (χ0v) is 8.09. The molecular weight excluding hydrogens is 183 g/mol. The molecule has 0 saturated carbocycles. The van der Waals surface area contributed by atoms with E-state index in [0.717, 1.165) is 0 Å². The fraction of sp³-hybridized carbons (Fsp3) is 0.500. The molecule has 1 atom stereocenters. The second-order valence-electron chi connectivity index (χ2n) is 3.45. The van der Waals surface area contributed by atoms with E-state index in [1.54, 1.807) is 18.3 Å². The average Bonchev–Trinajstić information content (AvgIpc) is 2.66. The molecule has 2 heterocycles. The van der Waals surface area contributed by atoms with E-state index < -0.39 is 5.67 Å². The van der Waals surface area contributed by atoms with Crippen LogP contribution in [0.25, 0.3) is 0 Å². The van der Waals surface area contributed by atoms with Crippen LogP contribution in [0.2, 0.25) is 0 Å². The number of rotatable bonds is 2. The fourth-order valence-corrected chi connectivity index (χ4v) is 1.79. The lowest BCUT2D eigenvalue weighted by molar-refractivity contribution is 0.185. The van der Waals surface area contributed by atoms with Crippen LogP contribution in [0.1, 0.15) is 12.0 Å². The topological polar surface area (TPSA) is 34.1 Å². The summed E-state index contributed by atoms with van der Waals surface area (Å²) in [6.07, 6.45) is 2.09. The number of alkyl halides is 1. The van der Waals surface area contributed by atoms with Crippen molar-refractivity contribution in [2.24, 2.45) is 0 Å². The van der Waals surface area contributed by atoms with Crippen molar-refractivity contribution in [3.63, 3.8) is 0 Å². The summed E-state index contributed by atoms with van der Waals surface area (Å²) >= 11 is 0. The quantitative estimate of drug-likeness (QED) is 0.773. The molecule has 1 unspecified atom stereocenters. The van der Waals surface area contributed by atoms with Crippen molar-refractivity contribution in [3.05, 3.63) is 23.9 Å². The van der Waals surface area contributed by atoms with Gasteiger partial charge in [0.05, 0.1) is 12.7 Å². The Balaban J connectivity index is 2.39. The van der Waals surface area contributed by atoms with Gasteiger partial charge in [-0.25, -0.2) is 9.37 Å². The minimum atomic E-state index is -1.32. The van der Waals surface area contributed by atoms with Gasteiger partial charge in [-0.1, -0.05) is 0 Å². The van der Waals surface area contributed by atoms with Crippen LogP contribution in [0.5, 0.6) is 5.88 Å². The number of methoxy groups -OCH3 is 1. The summed E-state index contributed by atoms with van der Waals surface area (Å²) in [5.41, 5.74) is -0.771. The lowest BCUT2D eigenvalue weighted by Crippen LogP contribution is -2.24. The molecule has 14 heavy (non-hydrogen) atoms. The number of halogens is 1. The molecule has 4 heteroatoms. The highest BCUT2D eigenvalue weighted by Crippen LogP contribution is 2.36. The third-order valence-electron chi connectivity index (χ3n) is 2.55. The normalized spacial score (nSPS) is 26.4. The maximum absolute atomic E-state index is 14.3. The van der Waals surface area contributed by atoms with Gasteiger partial charge in [-0.15, -0.1) is 0 Å². The predicted molar refractivity (Wildman–Crippen MR) is 51.1 cm³/mol. The Labute approximate surface area is 82.3 Å². The smallest absolute Gasteiger partial charge is 0.219 e. The highest BCUT2D eigenvalue weighted by atomic mass is 19.1. The van der Waals surface area contributed by atoms with E-state index in [4.69, 9.17) is 4.74 Å². The molecule has 1 fully saturated rings. The van der Waals surface area contributed by atoms with Gasteiger partial charge in [-0.05, 0) is 25.1 Å². The van der Waals surface area contributed by atoms with E-state index in [1.165, 1.54) is 7.11 Å². The molecule has 76 valence electrons. The monoisotopic (exact) mass is 196 g/mol. The number of nitrogens with zero attached hydrogens (tertiary/aromatic N) is 1. The number of nitrogens with one attached hydrogen (secondary N) is 1. The summed E-state index contributed by atoms with van der Waals surface area (Å²) in [6, 6.07) is 3.47. The van der Waals surface area contributed by atoms with E-state index in [2.05, 4.69) is 10.3 Å². The van der Waals surface area contributed by atoms with Crippen molar-refractivity contribution in [2.75, 3.05) is 20.2 Å². The zero-order chi connectivity index (χ0) is 10.0. The van der Waals surface area contributed by atoms with E-state index in [9.17, 15) is 4.39 Å². The molecule has 1 aromatic heterocycles. The first kappa shape index (κ1) is 9.40. The van der Waals surface area contributed by atoms with Crippen LogP contribution in [0, 0.1) is 0 Å². The number of aromatic nitrogens is 1. The number of hydrogen-bond acceptors (Lipinski definition) is 3. The Morgan fingerprint density at radius 3 is 3.14 bits per heavy atom. The summed E-state index contributed by atoms with van der Waals surface area (Å²) in [4.78, 5) is 4.00. The Morgan fingerprint density at radius 2 is 2.50 bits per heavy atom. The van der Waals surface area contributed by atoms with E-state index in [1.807, 2.05) is 0 Å². The van der Waals surface area contributed by atoms with Crippen molar-refractivity contribution in [1.82, 2.24) is 10.3 Å². The third-order valence-corrected chi connectivity index (χ3v) is 2.55. The maximum Gasteiger partial charge on any atom is 0.219 e. The molecular formula is C10H13FN2O. The zero-order valence-electron chi connectivity index (χ0n) is 8.09. The van der Waals surface area contributed by atoms with Crippen molar-refractivity contribution >= 4 is 0 Å². The summed E-state index contributed by atoms with van der Waals surface area (Å²) in [5.74, 6) is 0.388. The molecule has 1 N–H and O–H groups in total. The highest BCUT2D eigenvalue weighted by molar-refractivity contribution is 5.33. The molecule has 3 nitrogen and oxygen atoms in total. The number of hydrogen-bond donors (Lipinski definition) is 1. The molecule has 2 rings (SSSR count). The van der Waals surface area contributed by atoms with Gasteiger partial charge in [0, 0.05) is 12.7 Å². The molecule has 1 aliphatic heterocycles. The minimum Gasteiger partial charge on any atom is -0.481 e. The van der Waals surface area contributed by atoms with Crippen molar-refractivity contribution in [1.29, 1.82) is 0 Å². The van der Waals surface area contributed by atoms with Crippen LogP contribution in [0.15, 0.2) is 18.3 Å². The first-order chi connectivity index (χ1) is 6.76. The first-order valence-corrected chi connectivity index (χ1v) is 4.65. The van der Waals surface area contributed by atoms with Crippen molar-refractivity contribution in [3.8, 4) is 5.88 Å². The lowest BCUT2D eigenvalue weighted by atomic mass is 9.96. The summed E-state index contributed by atoms with van der Waals surface area (Å²) < 4.78 is 19.4. The highest BCUT2D eigenvalue weighted by Gasteiger charge is 2.38. The number of ether oxygens (including phenoxy) is 1. The summed E-state index contributed by atoms with van der Waals surface area (Å²) in [5, 5.41) is 3.00. The second kappa shape index (κ2) is 3.53. The Kier molecular flexibility index (Phi) is 2.37.